The lowest BCUT2D eigenvalue weighted by Gasteiger charge is -2.32. The molecule has 1 aliphatic heterocycles. The SMILES string of the molecule is O=C(Cc1ccccc1)NC1CCN(C(=O)c2ccc(C(F)(F)F)cc2)CC1. The highest BCUT2D eigenvalue weighted by molar-refractivity contribution is 5.94. The van der Waals surface area contributed by atoms with E-state index in [0.717, 1.165) is 17.7 Å². The molecule has 4 nitrogen and oxygen atoms in total. The Morgan fingerprint density at radius 1 is 0.964 bits per heavy atom. The highest BCUT2D eigenvalue weighted by Crippen LogP contribution is 2.29. The van der Waals surface area contributed by atoms with Crippen LogP contribution in [0.3, 0.4) is 0 Å². The summed E-state index contributed by atoms with van der Waals surface area (Å²) < 4.78 is 37.9. The van der Waals surface area contributed by atoms with E-state index in [4.69, 9.17) is 0 Å². The van der Waals surface area contributed by atoms with E-state index in [0.29, 0.717) is 32.4 Å². The molecule has 0 spiro atoms. The summed E-state index contributed by atoms with van der Waals surface area (Å²) in [5, 5.41) is 2.99. The number of hydrogen-bond donors (Lipinski definition) is 1. The third-order valence-corrected chi connectivity index (χ3v) is 4.81. The first kappa shape index (κ1) is 19.9. The van der Waals surface area contributed by atoms with Gasteiger partial charge in [0.25, 0.3) is 5.91 Å². The maximum absolute atomic E-state index is 12.6. The first-order chi connectivity index (χ1) is 13.3. The van der Waals surface area contributed by atoms with Crippen LogP contribution in [0.15, 0.2) is 54.6 Å². The molecule has 148 valence electrons. The van der Waals surface area contributed by atoms with Gasteiger partial charge in [-0.05, 0) is 42.7 Å². The summed E-state index contributed by atoms with van der Waals surface area (Å²) in [5.74, 6) is -0.346. The molecule has 0 saturated carbocycles. The number of piperidine rings is 1. The lowest BCUT2D eigenvalue weighted by Crippen LogP contribution is -2.46. The average molecular weight is 390 g/mol. The second-order valence-electron chi connectivity index (χ2n) is 6.87. The Labute approximate surface area is 161 Å². The molecule has 0 aromatic heterocycles. The Balaban J connectivity index is 1.49. The molecule has 7 heteroatoms. The summed E-state index contributed by atoms with van der Waals surface area (Å²) in [6.07, 6.45) is -2.87. The number of alkyl halides is 3. The third-order valence-electron chi connectivity index (χ3n) is 4.81. The van der Waals surface area contributed by atoms with Gasteiger partial charge in [0.2, 0.25) is 5.91 Å². The lowest BCUT2D eigenvalue weighted by atomic mass is 10.0. The quantitative estimate of drug-likeness (QED) is 0.866. The van der Waals surface area contributed by atoms with Crippen molar-refractivity contribution in [1.29, 1.82) is 0 Å². The van der Waals surface area contributed by atoms with Crippen molar-refractivity contribution in [2.45, 2.75) is 31.5 Å². The van der Waals surface area contributed by atoms with E-state index in [1.165, 1.54) is 12.1 Å². The molecule has 0 atom stereocenters. The van der Waals surface area contributed by atoms with Crippen molar-refractivity contribution in [3.63, 3.8) is 0 Å². The predicted molar refractivity (Wildman–Crippen MR) is 98.7 cm³/mol. The number of benzene rings is 2. The molecule has 0 unspecified atom stereocenters. The summed E-state index contributed by atoms with van der Waals surface area (Å²) >= 11 is 0. The number of carbonyl (C=O) groups is 2. The number of carbonyl (C=O) groups excluding carboxylic acids is 2. The molecule has 2 aromatic rings. The van der Waals surface area contributed by atoms with Gasteiger partial charge >= 0.3 is 6.18 Å². The van der Waals surface area contributed by atoms with Crippen LogP contribution < -0.4 is 5.32 Å². The molecule has 0 radical (unpaired) electrons. The van der Waals surface area contributed by atoms with Crippen LogP contribution in [0.4, 0.5) is 13.2 Å². The van der Waals surface area contributed by atoms with E-state index in [-0.39, 0.29) is 23.4 Å². The minimum absolute atomic E-state index is 0.00660. The Morgan fingerprint density at radius 3 is 2.14 bits per heavy atom. The molecule has 3 rings (SSSR count). The molecule has 2 amide bonds. The Morgan fingerprint density at radius 2 is 1.57 bits per heavy atom. The van der Waals surface area contributed by atoms with Crippen LogP contribution in [0.1, 0.15) is 34.3 Å². The number of halogens is 3. The van der Waals surface area contributed by atoms with E-state index in [1.54, 1.807) is 4.90 Å². The van der Waals surface area contributed by atoms with Crippen LogP contribution in [0, 0.1) is 0 Å². The Kier molecular flexibility index (Phi) is 6.02. The highest BCUT2D eigenvalue weighted by atomic mass is 19.4. The number of nitrogens with one attached hydrogen (secondary N) is 1. The van der Waals surface area contributed by atoms with Gasteiger partial charge < -0.3 is 10.2 Å². The topological polar surface area (TPSA) is 49.4 Å². The number of hydrogen-bond acceptors (Lipinski definition) is 2. The van der Waals surface area contributed by atoms with E-state index in [1.807, 2.05) is 30.3 Å². The van der Waals surface area contributed by atoms with Gasteiger partial charge in [-0.3, -0.25) is 9.59 Å². The fourth-order valence-corrected chi connectivity index (χ4v) is 3.27. The second kappa shape index (κ2) is 8.46. The second-order valence-corrected chi connectivity index (χ2v) is 6.87. The fraction of sp³-hybridized carbons (Fsp3) is 0.333. The zero-order valence-corrected chi connectivity index (χ0v) is 15.2. The van der Waals surface area contributed by atoms with Gasteiger partial charge in [0.05, 0.1) is 12.0 Å². The van der Waals surface area contributed by atoms with Crippen molar-refractivity contribution in [1.82, 2.24) is 10.2 Å². The zero-order chi connectivity index (χ0) is 20.1. The van der Waals surface area contributed by atoms with Crippen LogP contribution in [0.5, 0.6) is 0 Å². The zero-order valence-electron chi connectivity index (χ0n) is 15.2. The summed E-state index contributed by atoms with van der Waals surface area (Å²) in [7, 11) is 0. The van der Waals surface area contributed by atoms with Crippen LogP contribution >= 0.6 is 0 Å². The van der Waals surface area contributed by atoms with Gasteiger partial charge in [-0.15, -0.1) is 0 Å². The van der Waals surface area contributed by atoms with E-state index >= 15 is 0 Å². The molecule has 28 heavy (non-hydrogen) atoms. The van der Waals surface area contributed by atoms with Gasteiger partial charge in [0.15, 0.2) is 0 Å². The Bertz CT molecular complexity index is 812. The normalized spacial score (nSPS) is 15.3. The number of amides is 2. The van der Waals surface area contributed by atoms with Crippen molar-refractivity contribution in [2.75, 3.05) is 13.1 Å². The maximum atomic E-state index is 12.6. The molecule has 2 aromatic carbocycles. The van der Waals surface area contributed by atoms with Gasteiger partial charge in [-0.2, -0.15) is 13.2 Å². The van der Waals surface area contributed by atoms with Crippen LogP contribution in [-0.4, -0.2) is 35.8 Å². The summed E-state index contributed by atoms with van der Waals surface area (Å²) in [6, 6.07) is 13.7. The van der Waals surface area contributed by atoms with E-state index < -0.39 is 11.7 Å². The summed E-state index contributed by atoms with van der Waals surface area (Å²) in [4.78, 5) is 26.2. The molecule has 1 aliphatic rings. The molecular formula is C21H21F3N2O2. The molecule has 1 saturated heterocycles. The van der Waals surface area contributed by atoms with E-state index in [2.05, 4.69) is 5.32 Å². The standard InChI is InChI=1S/C21H21F3N2O2/c22-21(23,24)17-8-6-16(7-9-17)20(28)26-12-10-18(11-13-26)25-19(27)14-15-4-2-1-3-5-15/h1-9,18H,10-14H2,(H,25,27). The fourth-order valence-electron chi connectivity index (χ4n) is 3.27. The monoisotopic (exact) mass is 390 g/mol. The molecule has 1 fully saturated rings. The third kappa shape index (κ3) is 5.12. The number of nitrogens with zero attached hydrogens (tertiary/aromatic N) is 1. The minimum Gasteiger partial charge on any atom is -0.353 e. The highest BCUT2D eigenvalue weighted by Gasteiger charge is 2.31. The van der Waals surface area contributed by atoms with Crippen molar-refractivity contribution in [2.24, 2.45) is 0 Å². The Hall–Kier alpha value is -2.83. The predicted octanol–water partition coefficient (Wildman–Crippen LogP) is 3.67. The van der Waals surface area contributed by atoms with Gasteiger partial charge in [0.1, 0.15) is 0 Å². The smallest absolute Gasteiger partial charge is 0.353 e. The van der Waals surface area contributed by atoms with Crippen molar-refractivity contribution in [3.05, 3.63) is 71.3 Å². The molecule has 1 heterocycles. The summed E-state index contributed by atoms with van der Waals surface area (Å²) in [5.41, 5.74) is 0.401. The molecule has 1 N–H and O–H groups in total. The van der Waals surface area contributed by atoms with Crippen molar-refractivity contribution in [3.8, 4) is 0 Å². The number of likely N-dealkylation sites (tertiary alicyclic amines) is 1. The maximum Gasteiger partial charge on any atom is 0.416 e. The first-order valence-electron chi connectivity index (χ1n) is 9.13. The molecule has 0 bridgehead atoms. The minimum atomic E-state index is -4.42. The first-order valence-corrected chi connectivity index (χ1v) is 9.13. The average Bonchev–Trinajstić information content (AvgIpc) is 2.68. The summed E-state index contributed by atoms with van der Waals surface area (Å²) in [6.45, 7) is 0.909. The lowest BCUT2D eigenvalue weighted by molar-refractivity contribution is -0.137. The molecular weight excluding hydrogens is 369 g/mol. The van der Waals surface area contributed by atoms with Gasteiger partial charge in [0, 0.05) is 24.7 Å². The van der Waals surface area contributed by atoms with Crippen molar-refractivity contribution < 1.29 is 22.8 Å². The van der Waals surface area contributed by atoms with Crippen LogP contribution in [-0.2, 0) is 17.4 Å². The van der Waals surface area contributed by atoms with E-state index in [9.17, 15) is 22.8 Å². The number of rotatable bonds is 4. The largest absolute Gasteiger partial charge is 0.416 e. The molecule has 0 aliphatic carbocycles. The van der Waals surface area contributed by atoms with Crippen molar-refractivity contribution >= 4 is 11.8 Å². The van der Waals surface area contributed by atoms with Crippen LogP contribution in [0.25, 0.3) is 0 Å². The van der Waals surface area contributed by atoms with Gasteiger partial charge in [-0.25, -0.2) is 0 Å². The van der Waals surface area contributed by atoms with Gasteiger partial charge in [-0.1, -0.05) is 30.3 Å². The van der Waals surface area contributed by atoms with Crippen LogP contribution in [0.2, 0.25) is 0 Å².